The first-order chi connectivity index (χ1) is 14.2. The average molecular weight is 400 g/mol. The van der Waals surface area contributed by atoms with Crippen LogP contribution in [-0.4, -0.2) is 60.9 Å². The second-order valence-corrected chi connectivity index (χ2v) is 8.19. The Kier molecular flexibility index (Phi) is 8.35. The zero-order chi connectivity index (χ0) is 20.5. The van der Waals surface area contributed by atoms with Gasteiger partial charge in [-0.25, -0.2) is 0 Å². The van der Waals surface area contributed by atoms with Crippen molar-refractivity contribution in [3.63, 3.8) is 0 Å². The fourth-order valence-corrected chi connectivity index (χ4v) is 4.36. The van der Waals surface area contributed by atoms with E-state index in [1.165, 1.54) is 37.1 Å². The van der Waals surface area contributed by atoms with Crippen molar-refractivity contribution in [3.05, 3.63) is 35.4 Å². The van der Waals surface area contributed by atoms with Gasteiger partial charge in [-0.15, -0.1) is 0 Å². The van der Waals surface area contributed by atoms with E-state index in [1.54, 1.807) is 7.05 Å². The van der Waals surface area contributed by atoms with Crippen LogP contribution >= 0.6 is 0 Å². The Balaban J connectivity index is 1.39. The molecule has 1 aromatic carbocycles. The number of carbonyl (C=O) groups is 1. The summed E-state index contributed by atoms with van der Waals surface area (Å²) in [5.74, 6) is 1.13. The van der Waals surface area contributed by atoms with E-state index in [9.17, 15) is 4.79 Å². The standard InChI is InChI=1S/C23H37N5O/c1-3-21(28-16-6-7-22(28)29)12-13-25-23(24-2)26-17-19-8-10-20(11-9-19)18-27-14-4-5-15-27/h8-11,21H,3-7,12-18H2,1-2H3,(H2,24,25,26). The molecule has 1 amide bonds. The van der Waals surface area contributed by atoms with Crippen LogP contribution < -0.4 is 10.6 Å². The van der Waals surface area contributed by atoms with Gasteiger partial charge in [0.15, 0.2) is 5.96 Å². The van der Waals surface area contributed by atoms with Crippen LogP contribution in [0.15, 0.2) is 29.3 Å². The number of carbonyl (C=O) groups excluding carboxylic acids is 1. The third-order valence-corrected chi connectivity index (χ3v) is 6.10. The maximum atomic E-state index is 12.0. The zero-order valence-corrected chi connectivity index (χ0v) is 18.1. The number of hydrogen-bond donors (Lipinski definition) is 2. The number of rotatable bonds is 9. The summed E-state index contributed by atoms with van der Waals surface area (Å²) >= 11 is 0. The highest BCUT2D eigenvalue weighted by Gasteiger charge is 2.26. The van der Waals surface area contributed by atoms with Gasteiger partial charge in [0.2, 0.25) is 5.91 Å². The van der Waals surface area contributed by atoms with Crippen LogP contribution in [0.1, 0.15) is 56.6 Å². The molecule has 0 radical (unpaired) electrons. The molecule has 1 atom stereocenters. The number of likely N-dealkylation sites (tertiary alicyclic amines) is 2. The summed E-state index contributed by atoms with van der Waals surface area (Å²) in [7, 11) is 1.80. The third-order valence-electron chi connectivity index (χ3n) is 6.10. The SMILES string of the molecule is CCC(CCNC(=NC)NCc1ccc(CN2CCCC2)cc1)N1CCCC1=O. The van der Waals surface area contributed by atoms with Gasteiger partial charge in [-0.05, 0) is 56.3 Å². The minimum absolute atomic E-state index is 0.313. The Morgan fingerprint density at radius 1 is 1.07 bits per heavy atom. The molecule has 1 aromatic rings. The van der Waals surface area contributed by atoms with Gasteiger partial charge < -0.3 is 15.5 Å². The number of nitrogens with one attached hydrogen (secondary N) is 2. The van der Waals surface area contributed by atoms with Crippen molar-refractivity contribution in [1.29, 1.82) is 0 Å². The second kappa shape index (κ2) is 11.2. The van der Waals surface area contributed by atoms with Crippen LogP contribution in [0.3, 0.4) is 0 Å². The summed E-state index contributed by atoms with van der Waals surface area (Å²) in [5.41, 5.74) is 2.65. The lowest BCUT2D eigenvalue weighted by atomic mass is 10.1. The Labute approximate surface area is 175 Å². The average Bonchev–Trinajstić information content (AvgIpc) is 3.40. The van der Waals surface area contributed by atoms with Gasteiger partial charge >= 0.3 is 0 Å². The number of guanidine groups is 1. The van der Waals surface area contributed by atoms with Crippen molar-refractivity contribution in [3.8, 4) is 0 Å². The topological polar surface area (TPSA) is 60.0 Å². The molecule has 2 aliphatic rings. The number of amides is 1. The zero-order valence-electron chi connectivity index (χ0n) is 18.1. The fourth-order valence-electron chi connectivity index (χ4n) is 4.36. The van der Waals surface area contributed by atoms with E-state index in [4.69, 9.17) is 0 Å². The van der Waals surface area contributed by atoms with E-state index in [1.807, 2.05) is 0 Å². The molecule has 6 heteroatoms. The van der Waals surface area contributed by atoms with Crippen LogP contribution in [-0.2, 0) is 17.9 Å². The van der Waals surface area contributed by atoms with E-state index in [2.05, 4.69) is 56.6 Å². The molecule has 2 fully saturated rings. The first-order valence-electron chi connectivity index (χ1n) is 11.2. The molecule has 0 bridgehead atoms. The van der Waals surface area contributed by atoms with Gasteiger partial charge in [0, 0.05) is 45.7 Å². The molecule has 6 nitrogen and oxygen atoms in total. The van der Waals surface area contributed by atoms with Crippen molar-refractivity contribution in [2.75, 3.05) is 33.2 Å². The van der Waals surface area contributed by atoms with Crippen LogP contribution in [0.5, 0.6) is 0 Å². The largest absolute Gasteiger partial charge is 0.356 e. The van der Waals surface area contributed by atoms with Crippen molar-refractivity contribution in [2.24, 2.45) is 4.99 Å². The lowest BCUT2D eigenvalue weighted by Gasteiger charge is -2.27. The van der Waals surface area contributed by atoms with Crippen molar-refractivity contribution < 1.29 is 4.79 Å². The smallest absolute Gasteiger partial charge is 0.222 e. The summed E-state index contributed by atoms with van der Waals surface area (Å²) in [5, 5.41) is 6.79. The molecule has 2 heterocycles. The molecule has 2 aliphatic heterocycles. The fraction of sp³-hybridized carbons (Fsp3) is 0.652. The summed E-state index contributed by atoms with van der Waals surface area (Å²) < 4.78 is 0. The lowest BCUT2D eigenvalue weighted by Crippen LogP contribution is -2.41. The molecule has 3 rings (SSSR count). The van der Waals surface area contributed by atoms with E-state index in [-0.39, 0.29) is 0 Å². The predicted molar refractivity (Wildman–Crippen MR) is 119 cm³/mol. The molecule has 1 unspecified atom stereocenters. The molecule has 0 aliphatic carbocycles. The van der Waals surface area contributed by atoms with Gasteiger partial charge in [-0.1, -0.05) is 31.2 Å². The van der Waals surface area contributed by atoms with Crippen LogP contribution in [0.4, 0.5) is 0 Å². The molecular formula is C23H37N5O. The van der Waals surface area contributed by atoms with Crippen molar-refractivity contribution >= 4 is 11.9 Å². The molecule has 0 aromatic heterocycles. The summed E-state index contributed by atoms with van der Waals surface area (Å²) in [4.78, 5) is 20.9. The normalized spacial score (nSPS) is 19.0. The molecule has 0 spiro atoms. The Morgan fingerprint density at radius 3 is 2.41 bits per heavy atom. The van der Waals surface area contributed by atoms with E-state index >= 15 is 0 Å². The Morgan fingerprint density at radius 2 is 1.79 bits per heavy atom. The van der Waals surface area contributed by atoms with Crippen molar-refractivity contribution in [1.82, 2.24) is 20.4 Å². The van der Waals surface area contributed by atoms with Crippen LogP contribution in [0.2, 0.25) is 0 Å². The quantitative estimate of drug-likeness (QED) is 0.495. The van der Waals surface area contributed by atoms with E-state index in [0.29, 0.717) is 18.4 Å². The lowest BCUT2D eigenvalue weighted by molar-refractivity contribution is -0.129. The highest BCUT2D eigenvalue weighted by atomic mass is 16.2. The predicted octanol–water partition coefficient (Wildman–Crippen LogP) is 2.74. The summed E-state index contributed by atoms with van der Waals surface area (Å²) in [6, 6.07) is 9.23. The molecule has 29 heavy (non-hydrogen) atoms. The van der Waals surface area contributed by atoms with Gasteiger partial charge in [0.05, 0.1) is 0 Å². The first kappa shape index (κ1) is 21.6. The minimum Gasteiger partial charge on any atom is -0.356 e. The second-order valence-electron chi connectivity index (χ2n) is 8.19. The Hall–Kier alpha value is -2.08. The molecular weight excluding hydrogens is 362 g/mol. The van der Waals surface area contributed by atoms with Gasteiger partial charge in [0.1, 0.15) is 0 Å². The first-order valence-corrected chi connectivity index (χ1v) is 11.2. The van der Waals surface area contributed by atoms with E-state index < -0.39 is 0 Å². The molecule has 2 N–H and O–H groups in total. The highest BCUT2D eigenvalue weighted by Crippen LogP contribution is 2.17. The maximum absolute atomic E-state index is 12.0. The molecule has 160 valence electrons. The molecule has 0 saturated carbocycles. The number of nitrogens with zero attached hydrogens (tertiary/aromatic N) is 3. The molecule has 2 saturated heterocycles. The minimum atomic E-state index is 0.313. The van der Waals surface area contributed by atoms with Gasteiger partial charge in [0.25, 0.3) is 0 Å². The Bertz CT molecular complexity index is 666. The van der Waals surface area contributed by atoms with Crippen LogP contribution in [0.25, 0.3) is 0 Å². The number of aliphatic imine (C=N–C) groups is 1. The number of benzene rings is 1. The summed E-state index contributed by atoms with van der Waals surface area (Å²) in [6.45, 7) is 8.18. The summed E-state index contributed by atoms with van der Waals surface area (Å²) in [6.07, 6.45) is 6.34. The maximum Gasteiger partial charge on any atom is 0.222 e. The van der Waals surface area contributed by atoms with Crippen LogP contribution in [0, 0.1) is 0 Å². The van der Waals surface area contributed by atoms with Crippen molar-refractivity contribution in [2.45, 2.75) is 64.6 Å². The highest BCUT2D eigenvalue weighted by molar-refractivity contribution is 5.79. The van der Waals surface area contributed by atoms with Gasteiger partial charge in [-0.3, -0.25) is 14.7 Å². The monoisotopic (exact) mass is 399 g/mol. The van der Waals surface area contributed by atoms with Gasteiger partial charge in [-0.2, -0.15) is 0 Å². The number of hydrogen-bond acceptors (Lipinski definition) is 3. The third kappa shape index (κ3) is 6.46. The van der Waals surface area contributed by atoms with E-state index in [0.717, 1.165) is 51.4 Å².